The second kappa shape index (κ2) is 7.09. The average molecular weight is 335 g/mol. The van der Waals surface area contributed by atoms with Crippen LogP contribution in [0.5, 0.6) is 0 Å². The third-order valence-electron chi connectivity index (χ3n) is 3.81. The number of imidazole rings is 1. The molecule has 2 heterocycles. The molecule has 0 unspecified atom stereocenters. The van der Waals surface area contributed by atoms with E-state index >= 15 is 0 Å². The van der Waals surface area contributed by atoms with Gasteiger partial charge in [-0.25, -0.2) is 9.78 Å². The van der Waals surface area contributed by atoms with Crippen molar-refractivity contribution in [3.63, 3.8) is 0 Å². The molecule has 6 nitrogen and oxygen atoms in total. The van der Waals surface area contributed by atoms with Crippen LogP contribution in [0.2, 0.25) is 0 Å². The molecule has 0 saturated heterocycles. The summed E-state index contributed by atoms with van der Waals surface area (Å²) in [5.74, 6) is -0.144. The van der Waals surface area contributed by atoms with Crippen LogP contribution in [0.15, 0.2) is 48.7 Å². The second-order valence-corrected chi connectivity index (χ2v) is 5.59. The highest BCUT2D eigenvalue weighted by Gasteiger charge is 2.13. The molecule has 0 aliphatic rings. The fourth-order valence-corrected chi connectivity index (χ4v) is 2.26. The molecule has 6 heteroatoms. The Morgan fingerprint density at radius 3 is 2.44 bits per heavy atom. The Morgan fingerprint density at radius 2 is 1.84 bits per heavy atom. The normalized spacial score (nSPS) is 10.5. The molecule has 0 amide bonds. The molecular formula is C19H17N3O3. The lowest BCUT2D eigenvalue weighted by atomic mass is 10.1. The molecule has 0 spiro atoms. The molecule has 1 N–H and O–H groups in total. The van der Waals surface area contributed by atoms with E-state index in [1.165, 1.54) is 6.20 Å². The van der Waals surface area contributed by atoms with E-state index in [0.29, 0.717) is 5.56 Å². The minimum atomic E-state index is -0.553. The molecule has 0 fully saturated rings. The molecule has 126 valence electrons. The predicted molar refractivity (Wildman–Crippen MR) is 92.3 cm³/mol. The maximum Gasteiger partial charge on any atom is 0.338 e. The summed E-state index contributed by atoms with van der Waals surface area (Å²) < 4.78 is 5.06. The number of ether oxygens (including phenoxy) is 1. The van der Waals surface area contributed by atoms with E-state index < -0.39 is 5.97 Å². The monoisotopic (exact) mass is 335 g/mol. The third-order valence-corrected chi connectivity index (χ3v) is 3.81. The van der Waals surface area contributed by atoms with Crippen LogP contribution in [0.25, 0.3) is 11.4 Å². The molecule has 0 aliphatic heterocycles. The van der Waals surface area contributed by atoms with Crippen LogP contribution >= 0.6 is 0 Å². The van der Waals surface area contributed by atoms with Crippen LogP contribution < -0.4 is 0 Å². The summed E-state index contributed by atoms with van der Waals surface area (Å²) in [6.07, 6.45) is 1.52. The summed E-state index contributed by atoms with van der Waals surface area (Å²) >= 11 is 0. The Balaban J connectivity index is 1.64. The van der Waals surface area contributed by atoms with Crippen LogP contribution in [-0.4, -0.2) is 33.3 Å². The van der Waals surface area contributed by atoms with E-state index in [1.54, 1.807) is 42.5 Å². The van der Waals surface area contributed by atoms with E-state index in [4.69, 9.17) is 4.74 Å². The number of nitrogens with one attached hydrogen (secondary N) is 1. The lowest BCUT2D eigenvalue weighted by molar-refractivity contribution is 0.0473. The van der Waals surface area contributed by atoms with Gasteiger partial charge in [-0.15, -0.1) is 0 Å². The Bertz CT molecular complexity index is 880. The summed E-state index contributed by atoms with van der Waals surface area (Å²) in [4.78, 5) is 35.5. The van der Waals surface area contributed by atoms with Crippen molar-refractivity contribution in [2.45, 2.75) is 13.8 Å². The zero-order valence-electron chi connectivity index (χ0n) is 13.9. The largest absolute Gasteiger partial charge is 0.454 e. The number of pyridine rings is 1. The van der Waals surface area contributed by atoms with Gasteiger partial charge in [0.2, 0.25) is 5.78 Å². The fourth-order valence-electron chi connectivity index (χ4n) is 2.26. The summed E-state index contributed by atoms with van der Waals surface area (Å²) in [6, 6.07) is 11.9. The number of carbonyl (C=O) groups is 2. The van der Waals surface area contributed by atoms with Crippen molar-refractivity contribution in [2.75, 3.05) is 6.61 Å². The van der Waals surface area contributed by atoms with Gasteiger partial charge in [0.05, 0.1) is 11.3 Å². The molecule has 0 saturated carbocycles. The highest BCUT2D eigenvalue weighted by molar-refractivity contribution is 5.98. The number of ketones is 1. The van der Waals surface area contributed by atoms with Crippen molar-refractivity contribution in [3.8, 4) is 11.4 Å². The van der Waals surface area contributed by atoms with Crippen molar-refractivity contribution in [3.05, 3.63) is 71.3 Å². The van der Waals surface area contributed by atoms with Gasteiger partial charge in [0, 0.05) is 17.5 Å². The average Bonchev–Trinajstić information content (AvgIpc) is 2.99. The van der Waals surface area contributed by atoms with Gasteiger partial charge in [-0.1, -0.05) is 18.2 Å². The van der Waals surface area contributed by atoms with Crippen molar-refractivity contribution >= 4 is 11.8 Å². The second-order valence-electron chi connectivity index (χ2n) is 5.59. The molecule has 0 aliphatic carbocycles. The number of carbonyl (C=O) groups excluding carboxylic acids is 2. The van der Waals surface area contributed by atoms with Gasteiger partial charge in [-0.3, -0.25) is 9.78 Å². The lowest BCUT2D eigenvalue weighted by Gasteiger charge is -2.05. The fraction of sp³-hybridized carbons (Fsp3) is 0.158. The van der Waals surface area contributed by atoms with Gasteiger partial charge in [0.1, 0.15) is 11.5 Å². The van der Waals surface area contributed by atoms with E-state index in [1.807, 2.05) is 13.8 Å². The quantitative estimate of drug-likeness (QED) is 0.572. The minimum absolute atomic E-state index is 0.272. The van der Waals surface area contributed by atoms with Crippen molar-refractivity contribution in [2.24, 2.45) is 0 Å². The Morgan fingerprint density at radius 1 is 1.08 bits per heavy atom. The Labute approximate surface area is 144 Å². The number of nitrogens with zero attached hydrogens (tertiary/aromatic N) is 2. The molecular weight excluding hydrogens is 318 g/mol. The van der Waals surface area contributed by atoms with Gasteiger partial charge in [0.15, 0.2) is 6.61 Å². The van der Waals surface area contributed by atoms with E-state index in [-0.39, 0.29) is 18.1 Å². The molecule has 0 radical (unpaired) electrons. The highest BCUT2D eigenvalue weighted by atomic mass is 16.5. The Kier molecular flexibility index (Phi) is 4.70. The molecule has 0 atom stereocenters. The summed E-state index contributed by atoms with van der Waals surface area (Å²) in [5.41, 5.74) is 3.46. The van der Waals surface area contributed by atoms with Crippen LogP contribution in [0.1, 0.15) is 32.2 Å². The van der Waals surface area contributed by atoms with Gasteiger partial charge in [0.25, 0.3) is 0 Å². The highest BCUT2D eigenvalue weighted by Crippen LogP contribution is 2.18. The molecule has 1 aromatic carbocycles. The first-order chi connectivity index (χ1) is 12.0. The maximum atomic E-state index is 12.1. The molecule has 3 rings (SSSR count). The van der Waals surface area contributed by atoms with E-state index in [9.17, 15) is 9.59 Å². The van der Waals surface area contributed by atoms with Crippen LogP contribution in [0.3, 0.4) is 0 Å². The number of hydrogen-bond acceptors (Lipinski definition) is 5. The van der Waals surface area contributed by atoms with Crippen molar-refractivity contribution in [1.29, 1.82) is 0 Å². The number of benzene rings is 1. The molecule has 3 aromatic rings. The summed E-state index contributed by atoms with van der Waals surface area (Å²) in [6.45, 7) is 3.55. The zero-order chi connectivity index (χ0) is 17.8. The van der Waals surface area contributed by atoms with Gasteiger partial charge < -0.3 is 9.72 Å². The van der Waals surface area contributed by atoms with Crippen LogP contribution in [-0.2, 0) is 4.74 Å². The van der Waals surface area contributed by atoms with Gasteiger partial charge in [-0.2, -0.15) is 0 Å². The third kappa shape index (κ3) is 3.80. The molecule has 2 aromatic heterocycles. The minimum Gasteiger partial charge on any atom is -0.454 e. The van der Waals surface area contributed by atoms with Crippen LogP contribution in [0.4, 0.5) is 0 Å². The number of Topliss-reactive ketones (excluding diaryl/α,β-unsaturated/α-hetero) is 1. The zero-order valence-corrected chi connectivity index (χ0v) is 13.9. The smallest absolute Gasteiger partial charge is 0.338 e. The number of aromatic nitrogens is 3. The van der Waals surface area contributed by atoms with E-state index in [0.717, 1.165) is 22.8 Å². The maximum absolute atomic E-state index is 12.1. The van der Waals surface area contributed by atoms with Gasteiger partial charge >= 0.3 is 5.97 Å². The SMILES string of the molecule is Cc1nc(-c2ccc(C(=O)OCC(=O)c3ccccn3)cc2)[nH]c1C. The first-order valence-electron chi connectivity index (χ1n) is 7.79. The van der Waals surface area contributed by atoms with E-state index in [2.05, 4.69) is 15.0 Å². The van der Waals surface area contributed by atoms with Gasteiger partial charge in [-0.05, 0) is 38.1 Å². The standard InChI is InChI=1S/C19H17N3O3/c1-12-13(2)22-18(21-12)14-6-8-15(9-7-14)19(24)25-11-17(23)16-5-3-4-10-20-16/h3-10H,11H2,1-2H3,(H,21,22). The molecule has 25 heavy (non-hydrogen) atoms. The number of aryl methyl sites for hydroxylation is 2. The summed E-state index contributed by atoms with van der Waals surface area (Å²) in [7, 11) is 0. The number of hydrogen-bond donors (Lipinski definition) is 1. The number of aromatic amines is 1. The number of rotatable bonds is 5. The van der Waals surface area contributed by atoms with Crippen LogP contribution in [0, 0.1) is 13.8 Å². The summed E-state index contributed by atoms with van der Waals surface area (Å²) in [5, 5.41) is 0. The first kappa shape index (κ1) is 16.6. The molecule has 0 bridgehead atoms. The van der Waals surface area contributed by atoms with Crippen molar-refractivity contribution in [1.82, 2.24) is 15.0 Å². The predicted octanol–water partition coefficient (Wildman–Crippen LogP) is 3.13. The number of esters is 1. The topological polar surface area (TPSA) is 84.9 Å². The number of H-pyrrole nitrogens is 1. The first-order valence-corrected chi connectivity index (χ1v) is 7.79. The lowest BCUT2D eigenvalue weighted by Crippen LogP contribution is -2.15. The Hall–Kier alpha value is -3.28. The van der Waals surface area contributed by atoms with Crippen molar-refractivity contribution < 1.29 is 14.3 Å².